The van der Waals surface area contributed by atoms with Crippen LogP contribution in [0.2, 0.25) is 0 Å². The number of carbonyl (C=O) groups is 2. The molecule has 7 nitrogen and oxygen atoms in total. The molecule has 0 aliphatic carbocycles. The van der Waals surface area contributed by atoms with E-state index in [0.29, 0.717) is 44.2 Å². The number of para-hydroxylation sites is 1. The van der Waals surface area contributed by atoms with Gasteiger partial charge in [-0.2, -0.15) is 0 Å². The highest BCUT2D eigenvalue weighted by Gasteiger charge is 2.24. The Morgan fingerprint density at radius 1 is 0.972 bits per heavy atom. The van der Waals surface area contributed by atoms with Gasteiger partial charge in [-0.1, -0.05) is 18.2 Å². The number of amides is 1. The van der Waals surface area contributed by atoms with E-state index in [9.17, 15) is 9.59 Å². The summed E-state index contributed by atoms with van der Waals surface area (Å²) in [5.74, 6) is 0.376. The summed E-state index contributed by atoms with van der Waals surface area (Å²) in [7, 11) is 3.15. The Labute approximate surface area is 214 Å². The monoisotopic (exact) mass is 504 g/mol. The number of carbonyl (C=O) groups excluding carboxylic acids is 2. The van der Waals surface area contributed by atoms with Crippen molar-refractivity contribution in [3.8, 4) is 22.8 Å². The Morgan fingerprint density at radius 2 is 1.69 bits per heavy atom. The van der Waals surface area contributed by atoms with Gasteiger partial charge in [0, 0.05) is 15.8 Å². The van der Waals surface area contributed by atoms with Gasteiger partial charge in [-0.25, -0.2) is 9.78 Å². The van der Waals surface area contributed by atoms with Crippen molar-refractivity contribution in [1.82, 2.24) is 4.98 Å². The molecule has 0 saturated heterocycles. The molecule has 2 aromatic carbocycles. The lowest BCUT2D eigenvalue weighted by Crippen LogP contribution is -2.17. The smallest absolute Gasteiger partial charge is 0.341 e. The quantitative estimate of drug-likeness (QED) is 0.293. The summed E-state index contributed by atoms with van der Waals surface area (Å²) >= 11 is 1.36. The van der Waals surface area contributed by atoms with Crippen LogP contribution in [-0.4, -0.2) is 37.2 Å². The fraction of sp³-hybridized carbons (Fsp3) is 0.250. The van der Waals surface area contributed by atoms with Gasteiger partial charge < -0.3 is 19.5 Å². The number of pyridine rings is 1. The largest absolute Gasteiger partial charge is 0.493 e. The second-order valence-corrected chi connectivity index (χ2v) is 9.76. The summed E-state index contributed by atoms with van der Waals surface area (Å²) in [6.45, 7) is 7.36. The molecule has 0 aliphatic heterocycles. The second kappa shape index (κ2) is 10.4. The fourth-order valence-electron chi connectivity index (χ4n) is 3.91. The van der Waals surface area contributed by atoms with Crippen molar-refractivity contribution in [2.24, 2.45) is 0 Å². The molecule has 1 amide bonds. The minimum Gasteiger partial charge on any atom is -0.493 e. The Kier molecular flexibility index (Phi) is 7.26. The van der Waals surface area contributed by atoms with E-state index in [4.69, 9.17) is 19.2 Å². The maximum atomic E-state index is 13.6. The third kappa shape index (κ3) is 4.90. The maximum Gasteiger partial charge on any atom is 0.341 e. The molecule has 2 heterocycles. The molecule has 0 aliphatic rings. The molecule has 186 valence electrons. The van der Waals surface area contributed by atoms with Gasteiger partial charge in [-0.15, -0.1) is 11.3 Å². The van der Waals surface area contributed by atoms with E-state index >= 15 is 0 Å². The average molecular weight is 505 g/mol. The van der Waals surface area contributed by atoms with E-state index in [0.717, 1.165) is 16.0 Å². The maximum absolute atomic E-state index is 13.6. The standard InChI is InChI=1S/C28H28N2O5S/c1-15(2)35-28(32)25-16(3)17(4)36-27(25)30-26(31)20-14-22(29-21-10-8-7-9-19(20)21)18-11-12-23(33-5)24(13-18)34-6/h7-15H,1-6H3,(H,30,31). The van der Waals surface area contributed by atoms with Gasteiger partial charge in [-0.3, -0.25) is 4.79 Å². The molecule has 0 fully saturated rings. The molecule has 2 aromatic heterocycles. The summed E-state index contributed by atoms with van der Waals surface area (Å²) in [6.07, 6.45) is -0.270. The molecule has 0 radical (unpaired) electrons. The number of hydrogen-bond donors (Lipinski definition) is 1. The Morgan fingerprint density at radius 3 is 2.39 bits per heavy atom. The first kappa shape index (κ1) is 25.2. The van der Waals surface area contributed by atoms with Gasteiger partial charge in [0.25, 0.3) is 5.91 Å². The Hall–Kier alpha value is -3.91. The molecular formula is C28H28N2O5S. The Balaban J connectivity index is 1.79. The third-order valence-electron chi connectivity index (χ3n) is 5.80. The first-order chi connectivity index (χ1) is 17.2. The van der Waals surface area contributed by atoms with E-state index in [2.05, 4.69) is 5.32 Å². The number of esters is 1. The predicted octanol–water partition coefficient (Wildman–Crippen LogP) is 6.41. The number of methoxy groups -OCH3 is 2. The molecule has 0 unspecified atom stereocenters. The van der Waals surface area contributed by atoms with Gasteiger partial charge >= 0.3 is 5.97 Å². The summed E-state index contributed by atoms with van der Waals surface area (Å²) in [4.78, 5) is 32.1. The molecule has 1 N–H and O–H groups in total. The van der Waals surface area contributed by atoms with Crippen molar-refractivity contribution in [3.05, 3.63) is 70.1 Å². The zero-order valence-corrected chi connectivity index (χ0v) is 21.9. The van der Waals surface area contributed by atoms with Crippen molar-refractivity contribution in [2.45, 2.75) is 33.8 Å². The van der Waals surface area contributed by atoms with Crippen LogP contribution >= 0.6 is 11.3 Å². The van der Waals surface area contributed by atoms with Gasteiger partial charge in [0.2, 0.25) is 0 Å². The van der Waals surface area contributed by atoms with Gasteiger partial charge in [0.15, 0.2) is 11.5 Å². The van der Waals surface area contributed by atoms with Crippen LogP contribution < -0.4 is 14.8 Å². The number of aryl methyl sites for hydroxylation is 1. The number of rotatable bonds is 7. The fourth-order valence-corrected chi connectivity index (χ4v) is 4.95. The van der Waals surface area contributed by atoms with Crippen molar-refractivity contribution in [2.75, 3.05) is 19.5 Å². The number of hydrogen-bond acceptors (Lipinski definition) is 7. The van der Waals surface area contributed by atoms with Gasteiger partial charge in [0.05, 0.1) is 42.7 Å². The average Bonchev–Trinajstić information content (AvgIpc) is 3.14. The van der Waals surface area contributed by atoms with Crippen molar-refractivity contribution in [1.29, 1.82) is 0 Å². The van der Waals surface area contributed by atoms with E-state index in [1.807, 2.05) is 50.2 Å². The summed E-state index contributed by atoms with van der Waals surface area (Å²) in [5, 5.41) is 4.13. The number of benzene rings is 2. The number of fused-ring (bicyclic) bond motifs is 1. The van der Waals surface area contributed by atoms with E-state index < -0.39 is 5.97 Å². The normalized spacial score (nSPS) is 11.0. The zero-order valence-electron chi connectivity index (χ0n) is 21.1. The third-order valence-corrected chi connectivity index (χ3v) is 6.92. The molecular weight excluding hydrogens is 476 g/mol. The molecule has 0 atom stereocenters. The van der Waals surface area contributed by atoms with Crippen LogP contribution in [-0.2, 0) is 4.74 Å². The SMILES string of the molecule is COc1ccc(-c2cc(C(=O)Nc3sc(C)c(C)c3C(=O)OC(C)C)c3ccccc3n2)cc1OC. The number of aromatic nitrogens is 1. The van der Waals surface area contributed by atoms with Crippen LogP contribution in [0.5, 0.6) is 11.5 Å². The number of nitrogens with zero attached hydrogens (tertiary/aromatic N) is 1. The minimum atomic E-state index is -0.451. The number of anilines is 1. The van der Waals surface area contributed by atoms with Gasteiger partial charge in [0.1, 0.15) is 5.00 Å². The molecule has 0 bridgehead atoms. The van der Waals surface area contributed by atoms with Crippen LogP contribution in [0.25, 0.3) is 22.2 Å². The van der Waals surface area contributed by atoms with Crippen LogP contribution in [0.3, 0.4) is 0 Å². The van der Waals surface area contributed by atoms with Crippen molar-refractivity contribution >= 4 is 39.1 Å². The Bertz CT molecular complexity index is 1460. The molecule has 4 aromatic rings. The minimum absolute atomic E-state index is 0.270. The molecule has 0 saturated carbocycles. The van der Waals surface area contributed by atoms with Crippen molar-refractivity contribution in [3.63, 3.8) is 0 Å². The first-order valence-electron chi connectivity index (χ1n) is 11.5. The topological polar surface area (TPSA) is 86.8 Å². The van der Waals surface area contributed by atoms with Crippen LogP contribution in [0.4, 0.5) is 5.00 Å². The highest BCUT2D eigenvalue weighted by molar-refractivity contribution is 7.16. The lowest BCUT2D eigenvalue weighted by Gasteiger charge is -2.13. The molecule has 0 spiro atoms. The molecule has 8 heteroatoms. The summed E-state index contributed by atoms with van der Waals surface area (Å²) in [5.41, 5.74) is 3.68. The number of ether oxygens (including phenoxy) is 3. The van der Waals surface area contributed by atoms with E-state index in [1.54, 1.807) is 40.2 Å². The van der Waals surface area contributed by atoms with Gasteiger partial charge in [-0.05, 0) is 63.6 Å². The highest BCUT2D eigenvalue weighted by atomic mass is 32.1. The van der Waals surface area contributed by atoms with Crippen LogP contribution in [0.1, 0.15) is 45.0 Å². The van der Waals surface area contributed by atoms with E-state index in [-0.39, 0.29) is 12.0 Å². The van der Waals surface area contributed by atoms with Crippen LogP contribution in [0.15, 0.2) is 48.5 Å². The number of nitrogens with one attached hydrogen (secondary N) is 1. The zero-order chi connectivity index (χ0) is 26.0. The molecule has 4 rings (SSSR count). The lowest BCUT2D eigenvalue weighted by molar-refractivity contribution is 0.0379. The lowest BCUT2D eigenvalue weighted by atomic mass is 10.0. The first-order valence-corrected chi connectivity index (χ1v) is 12.3. The van der Waals surface area contributed by atoms with E-state index in [1.165, 1.54) is 11.3 Å². The number of thiophene rings is 1. The summed E-state index contributed by atoms with van der Waals surface area (Å²) < 4.78 is 16.2. The van der Waals surface area contributed by atoms with Crippen LogP contribution in [0, 0.1) is 13.8 Å². The molecule has 36 heavy (non-hydrogen) atoms. The highest BCUT2D eigenvalue weighted by Crippen LogP contribution is 2.36. The van der Waals surface area contributed by atoms with Crippen molar-refractivity contribution < 1.29 is 23.8 Å². The second-order valence-electron chi connectivity index (χ2n) is 8.54. The predicted molar refractivity (Wildman–Crippen MR) is 143 cm³/mol. The summed E-state index contributed by atoms with van der Waals surface area (Å²) in [6, 6.07) is 14.7.